The van der Waals surface area contributed by atoms with Gasteiger partial charge in [-0.15, -0.1) is 11.3 Å². The van der Waals surface area contributed by atoms with E-state index in [-0.39, 0.29) is 5.82 Å². The fourth-order valence-electron chi connectivity index (χ4n) is 2.72. The summed E-state index contributed by atoms with van der Waals surface area (Å²) in [7, 11) is 0. The van der Waals surface area contributed by atoms with Crippen molar-refractivity contribution in [2.45, 2.75) is 26.0 Å². The van der Waals surface area contributed by atoms with Crippen LogP contribution in [0.1, 0.15) is 23.5 Å². The van der Waals surface area contributed by atoms with Gasteiger partial charge >= 0.3 is 0 Å². The molecule has 0 radical (unpaired) electrons. The number of hydrogen-bond acceptors (Lipinski definition) is 5. The van der Waals surface area contributed by atoms with E-state index in [1.54, 1.807) is 23.5 Å². The van der Waals surface area contributed by atoms with Crippen LogP contribution in [0.2, 0.25) is 0 Å². The number of benzene rings is 1. The maximum atomic E-state index is 12.8. The Kier molecular flexibility index (Phi) is 5.59. The second-order valence-corrected chi connectivity index (χ2v) is 6.82. The fourth-order valence-corrected chi connectivity index (χ4v) is 3.42. The molecule has 0 saturated carbocycles. The molecule has 4 nitrogen and oxygen atoms in total. The number of nitrogens with zero attached hydrogens (tertiary/aromatic N) is 2. The zero-order valence-corrected chi connectivity index (χ0v) is 13.8. The molecule has 0 amide bonds. The molecule has 1 fully saturated rings. The van der Waals surface area contributed by atoms with Gasteiger partial charge in [0.25, 0.3) is 0 Å². The molecule has 3 rings (SSSR count). The fraction of sp³-hybridized carbons (Fsp3) is 0.471. The van der Waals surface area contributed by atoms with Crippen molar-refractivity contribution in [1.82, 2.24) is 9.88 Å². The molecule has 0 atom stereocenters. The molecule has 124 valence electrons. The van der Waals surface area contributed by atoms with E-state index in [1.807, 2.05) is 0 Å². The summed E-state index contributed by atoms with van der Waals surface area (Å²) in [5.74, 6) is 0.842. The van der Waals surface area contributed by atoms with Gasteiger partial charge in [0, 0.05) is 18.5 Å². The molecule has 1 saturated heterocycles. The predicted octanol–water partition coefficient (Wildman–Crippen LogP) is 3.07. The van der Waals surface area contributed by atoms with Gasteiger partial charge in [0.1, 0.15) is 23.2 Å². The third kappa shape index (κ3) is 4.73. The minimum Gasteiger partial charge on any atom is -0.486 e. The number of thiazole rings is 1. The molecule has 23 heavy (non-hydrogen) atoms. The lowest BCUT2D eigenvalue weighted by Crippen LogP contribution is -2.34. The Morgan fingerprint density at radius 3 is 2.70 bits per heavy atom. The Balaban J connectivity index is 1.47. The topological polar surface area (TPSA) is 45.6 Å². The zero-order valence-electron chi connectivity index (χ0n) is 12.9. The van der Waals surface area contributed by atoms with E-state index in [9.17, 15) is 9.50 Å². The van der Waals surface area contributed by atoms with Gasteiger partial charge in [0.15, 0.2) is 0 Å². The van der Waals surface area contributed by atoms with Crippen molar-refractivity contribution in [3.05, 3.63) is 46.2 Å². The summed E-state index contributed by atoms with van der Waals surface area (Å²) in [5, 5.41) is 12.2. The Hall–Kier alpha value is -1.50. The first-order chi connectivity index (χ1) is 11.2. The molecule has 0 aliphatic carbocycles. The molecule has 1 aromatic heterocycles. The molecule has 0 spiro atoms. The van der Waals surface area contributed by atoms with E-state index in [2.05, 4.69) is 15.3 Å². The van der Waals surface area contributed by atoms with Crippen LogP contribution in [-0.2, 0) is 13.2 Å². The molecular weight excluding hydrogens is 315 g/mol. The molecular formula is C17H21FN2O2S. The van der Waals surface area contributed by atoms with Crippen molar-refractivity contribution in [2.24, 2.45) is 5.92 Å². The highest BCUT2D eigenvalue weighted by atomic mass is 32.1. The first-order valence-corrected chi connectivity index (χ1v) is 8.76. The average molecular weight is 336 g/mol. The minimum atomic E-state index is -0.265. The van der Waals surface area contributed by atoms with Crippen LogP contribution in [-0.4, -0.2) is 34.7 Å². The number of rotatable bonds is 6. The van der Waals surface area contributed by atoms with Crippen molar-refractivity contribution in [3.63, 3.8) is 0 Å². The molecule has 1 N–H and O–H groups in total. The average Bonchev–Trinajstić information content (AvgIpc) is 3.02. The van der Waals surface area contributed by atoms with E-state index in [1.165, 1.54) is 12.1 Å². The first kappa shape index (κ1) is 16.4. The van der Waals surface area contributed by atoms with E-state index < -0.39 is 0 Å². The normalized spacial score (nSPS) is 16.6. The number of aliphatic hydroxyl groups is 1. The largest absolute Gasteiger partial charge is 0.486 e. The lowest BCUT2D eigenvalue weighted by atomic mass is 9.98. The Labute approximate surface area is 139 Å². The molecule has 0 bridgehead atoms. The third-order valence-corrected chi connectivity index (χ3v) is 5.00. The SMILES string of the molecule is OCC1CCN(Cc2csc(COc3ccc(F)cc3)n2)CC1. The van der Waals surface area contributed by atoms with E-state index in [4.69, 9.17) is 4.74 Å². The summed E-state index contributed by atoms with van der Waals surface area (Å²) in [6.07, 6.45) is 2.11. The second kappa shape index (κ2) is 7.86. The van der Waals surface area contributed by atoms with E-state index in [0.29, 0.717) is 24.9 Å². The Morgan fingerprint density at radius 1 is 1.26 bits per heavy atom. The smallest absolute Gasteiger partial charge is 0.140 e. The van der Waals surface area contributed by atoms with E-state index in [0.717, 1.165) is 43.2 Å². The van der Waals surface area contributed by atoms with Gasteiger partial charge in [-0.25, -0.2) is 9.37 Å². The van der Waals surface area contributed by atoms with Crippen LogP contribution in [0.25, 0.3) is 0 Å². The summed E-state index contributed by atoms with van der Waals surface area (Å²) in [6.45, 7) is 3.60. The maximum absolute atomic E-state index is 12.8. The van der Waals surface area contributed by atoms with Crippen LogP contribution in [0.4, 0.5) is 4.39 Å². The van der Waals surface area contributed by atoms with Crippen molar-refractivity contribution >= 4 is 11.3 Å². The zero-order chi connectivity index (χ0) is 16.1. The number of piperidine rings is 1. The van der Waals surface area contributed by atoms with Gasteiger partial charge < -0.3 is 9.84 Å². The third-order valence-electron chi connectivity index (χ3n) is 4.13. The van der Waals surface area contributed by atoms with Crippen LogP contribution >= 0.6 is 11.3 Å². The number of halogens is 1. The van der Waals surface area contributed by atoms with Crippen LogP contribution in [0.15, 0.2) is 29.6 Å². The number of aliphatic hydroxyl groups excluding tert-OH is 1. The highest BCUT2D eigenvalue weighted by Gasteiger charge is 2.19. The summed E-state index contributed by atoms with van der Waals surface area (Å²) < 4.78 is 18.5. The van der Waals surface area contributed by atoms with Crippen molar-refractivity contribution in [1.29, 1.82) is 0 Å². The van der Waals surface area contributed by atoms with Gasteiger partial charge in [0.05, 0.1) is 5.69 Å². The Morgan fingerprint density at radius 2 is 2.00 bits per heavy atom. The van der Waals surface area contributed by atoms with Gasteiger partial charge in [-0.1, -0.05) is 0 Å². The number of ether oxygens (including phenoxy) is 1. The highest BCUT2D eigenvalue weighted by molar-refractivity contribution is 7.09. The monoisotopic (exact) mass is 336 g/mol. The Bertz CT molecular complexity index is 609. The number of aromatic nitrogens is 1. The molecule has 0 unspecified atom stereocenters. The minimum absolute atomic E-state index is 0.265. The van der Waals surface area contributed by atoms with Crippen molar-refractivity contribution in [3.8, 4) is 5.75 Å². The standard InChI is InChI=1S/C17H21FN2O2S/c18-14-1-3-16(4-2-14)22-11-17-19-15(12-23-17)9-20-7-5-13(10-21)6-8-20/h1-4,12-13,21H,5-11H2. The van der Waals surface area contributed by atoms with Crippen LogP contribution in [0.5, 0.6) is 5.75 Å². The summed E-state index contributed by atoms with van der Waals surface area (Å²) in [5.41, 5.74) is 1.06. The molecule has 2 heterocycles. The highest BCUT2D eigenvalue weighted by Crippen LogP contribution is 2.20. The van der Waals surface area contributed by atoms with Crippen LogP contribution in [0, 0.1) is 11.7 Å². The molecule has 1 aliphatic heterocycles. The van der Waals surface area contributed by atoms with Gasteiger partial charge in [-0.3, -0.25) is 4.90 Å². The van der Waals surface area contributed by atoms with Gasteiger partial charge in [-0.05, 0) is 56.1 Å². The van der Waals surface area contributed by atoms with Gasteiger partial charge in [-0.2, -0.15) is 0 Å². The lowest BCUT2D eigenvalue weighted by Gasteiger charge is -2.30. The molecule has 6 heteroatoms. The second-order valence-electron chi connectivity index (χ2n) is 5.88. The quantitative estimate of drug-likeness (QED) is 0.881. The maximum Gasteiger partial charge on any atom is 0.140 e. The van der Waals surface area contributed by atoms with E-state index >= 15 is 0 Å². The summed E-state index contributed by atoms with van der Waals surface area (Å²) in [6, 6.07) is 6.02. The molecule has 1 aromatic carbocycles. The van der Waals surface area contributed by atoms with Crippen LogP contribution in [0.3, 0.4) is 0 Å². The van der Waals surface area contributed by atoms with Crippen molar-refractivity contribution in [2.75, 3.05) is 19.7 Å². The van der Waals surface area contributed by atoms with Crippen LogP contribution < -0.4 is 4.74 Å². The number of likely N-dealkylation sites (tertiary alicyclic amines) is 1. The van der Waals surface area contributed by atoms with Crippen molar-refractivity contribution < 1.29 is 14.2 Å². The summed E-state index contributed by atoms with van der Waals surface area (Å²) >= 11 is 1.59. The first-order valence-electron chi connectivity index (χ1n) is 7.88. The molecule has 2 aromatic rings. The van der Waals surface area contributed by atoms with Gasteiger partial charge in [0.2, 0.25) is 0 Å². The predicted molar refractivity (Wildman–Crippen MR) is 87.9 cm³/mol. The summed E-state index contributed by atoms with van der Waals surface area (Å²) in [4.78, 5) is 6.99. The number of hydrogen-bond donors (Lipinski definition) is 1. The lowest BCUT2D eigenvalue weighted by molar-refractivity contribution is 0.126. The molecule has 1 aliphatic rings.